The Morgan fingerprint density at radius 3 is 2.78 bits per heavy atom. The Kier molecular flexibility index (Phi) is 3.56. The Morgan fingerprint density at radius 1 is 1.22 bits per heavy atom. The number of hydrogen-bond donors (Lipinski definition) is 2. The van der Waals surface area contributed by atoms with E-state index in [1.54, 1.807) is 4.90 Å². The molecule has 4 heterocycles. The molecule has 2 atom stereocenters. The van der Waals surface area contributed by atoms with Crippen LogP contribution in [0.5, 0.6) is 5.75 Å². The highest BCUT2D eigenvalue weighted by atomic mass is 16.5. The van der Waals surface area contributed by atoms with Gasteiger partial charge in [0.2, 0.25) is 11.6 Å². The van der Waals surface area contributed by atoms with Crippen molar-refractivity contribution in [2.45, 2.75) is 64.1 Å². The van der Waals surface area contributed by atoms with Crippen LogP contribution in [0.25, 0.3) is 11.6 Å². The molecule has 32 heavy (non-hydrogen) atoms. The van der Waals surface area contributed by atoms with Crippen molar-refractivity contribution in [3.05, 3.63) is 35.4 Å². The minimum atomic E-state index is -1.10. The van der Waals surface area contributed by atoms with Crippen molar-refractivity contribution in [2.75, 3.05) is 6.54 Å². The van der Waals surface area contributed by atoms with Gasteiger partial charge < -0.3 is 15.0 Å². The van der Waals surface area contributed by atoms with Crippen LogP contribution in [-0.4, -0.2) is 56.1 Å². The van der Waals surface area contributed by atoms with E-state index in [0.29, 0.717) is 30.8 Å². The minimum absolute atomic E-state index is 0.0416. The largest absolute Gasteiger partial charge is 0.483 e. The normalized spacial score (nSPS) is 30.9. The van der Waals surface area contributed by atoms with Crippen molar-refractivity contribution in [3.63, 3.8) is 0 Å². The molecule has 2 amide bonds. The Bertz CT molecular complexity index is 1210. The van der Waals surface area contributed by atoms with Gasteiger partial charge in [0.05, 0.1) is 22.1 Å². The van der Waals surface area contributed by atoms with E-state index in [1.807, 2.05) is 58.1 Å². The molecule has 4 aliphatic heterocycles. The summed E-state index contributed by atoms with van der Waals surface area (Å²) in [6, 6.07) is 3.50. The molecule has 6 rings (SSSR count). The van der Waals surface area contributed by atoms with Crippen molar-refractivity contribution in [2.24, 2.45) is 5.41 Å². The third kappa shape index (κ3) is 2.39. The van der Waals surface area contributed by atoms with E-state index in [-0.39, 0.29) is 17.9 Å². The minimum Gasteiger partial charge on any atom is -0.483 e. The molecular formula is C25H28N3O4+. The fourth-order valence-electron chi connectivity index (χ4n) is 6.23. The summed E-state index contributed by atoms with van der Waals surface area (Å²) in [5.74, 6) is 0.589. The first-order valence-electron chi connectivity index (χ1n) is 11.3. The molecule has 7 heteroatoms. The maximum atomic E-state index is 13.7. The first-order valence-corrected chi connectivity index (χ1v) is 11.3. The van der Waals surface area contributed by atoms with Crippen molar-refractivity contribution < 1.29 is 24.3 Å². The summed E-state index contributed by atoms with van der Waals surface area (Å²) in [6.07, 6.45) is 7.80. The van der Waals surface area contributed by atoms with Crippen LogP contribution in [0, 0.1) is 5.41 Å². The van der Waals surface area contributed by atoms with Crippen LogP contribution in [0.1, 0.15) is 58.1 Å². The number of carbonyl (C=O) groups is 2. The number of hydrogen-bond acceptors (Lipinski definition) is 4. The maximum Gasteiger partial charge on any atom is 0.276 e. The lowest BCUT2D eigenvalue weighted by atomic mass is 9.66. The van der Waals surface area contributed by atoms with E-state index < -0.39 is 16.6 Å². The molecular weight excluding hydrogens is 406 g/mol. The standard InChI is InChI=1S/C25H27N3O4/c1-23(2)13-25(22(30)27-11-5-6-17(27)21(29)26-25)12-16-14-7-8-18-15(9-10-24(3,4)32-18)19(14)28(31)20(16)23/h7-10,12,17H,5-6,11,13H2,1-4H3,(H-,26,29,31)/p+1/t17-,25+/m0/s1. The van der Waals surface area contributed by atoms with Crippen LogP contribution in [-0.2, 0) is 9.59 Å². The molecule has 1 aliphatic carbocycles. The molecule has 2 fully saturated rings. The van der Waals surface area contributed by atoms with Crippen molar-refractivity contribution in [1.82, 2.24) is 10.2 Å². The fourth-order valence-corrected chi connectivity index (χ4v) is 6.23. The third-order valence-electron chi connectivity index (χ3n) is 7.47. The molecule has 1 spiro atoms. The Morgan fingerprint density at radius 2 is 2.00 bits per heavy atom. The molecule has 0 radical (unpaired) electrons. The van der Waals surface area contributed by atoms with E-state index in [2.05, 4.69) is 5.32 Å². The SMILES string of the molecule is CC1(C)C=Cc2c(ccc3c2[N+](O)=C2C3=C[C@]3(CC2(C)C)NC(=O)[C@@H]2CCCN2C3=O)O1. The molecule has 2 saturated heterocycles. The van der Waals surface area contributed by atoms with Crippen molar-refractivity contribution >= 4 is 34.9 Å². The number of rotatable bonds is 0. The second-order valence-electron chi connectivity index (χ2n) is 10.8. The maximum absolute atomic E-state index is 13.7. The van der Waals surface area contributed by atoms with Crippen LogP contribution >= 0.6 is 0 Å². The Balaban J connectivity index is 1.56. The quantitative estimate of drug-likeness (QED) is 0.486. The van der Waals surface area contributed by atoms with Crippen molar-refractivity contribution in [3.8, 4) is 5.75 Å². The molecule has 7 nitrogen and oxygen atoms in total. The van der Waals surface area contributed by atoms with Crippen LogP contribution in [0.15, 0.2) is 24.3 Å². The molecule has 0 bridgehead atoms. The summed E-state index contributed by atoms with van der Waals surface area (Å²) in [7, 11) is 0. The van der Waals surface area contributed by atoms with Gasteiger partial charge >= 0.3 is 0 Å². The number of fused-ring (bicyclic) bond motifs is 6. The number of benzene rings is 1. The van der Waals surface area contributed by atoms with E-state index in [0.717, 1.165) is 28.8 Å². The van der Waals surface area contributed by atoms with Crippen LogP contribution in [0.2, 0.25) is 0 Å². The first kappa shape index (κ1) is 19.6. The molecule has 0 aromatic heterocycles. The topological polar surface area (TPSA) is 81.9 Å². The summed E-state index contributed by atoms with van der Waals surface area (Å²) in [5, 5.41) is 14.4. The van der Waals surface area contributed by atoms with Gasteiger partial charge in [-0.05, 0) is 77.3 Å². The van der Waals surface area contributed by atoms with Crippen molar-refractivity contribution in [1.29, 1.82) is 0 Å². The number of nitrogens with one attached hydrogen (secondary N) is 1. The van der Waals surface area contributed by atoms with E-state index in [9.17, 15) is 14.8 Å². The zero-order valence-electron chi connectivity index (χ0n) is 18.9. The highest BCUT2D eigenvalue weighted by Crippen LogP contribution is 2.52. The van der Waals surface area contributed by atoms with Gasteiger partial charge in [0.1, 0.15) is 22.9 Å². The predicted molar refractivity (Wildman–Crippen MR) is 119 cm³/mol. The van der Waals surface area contributed by atoms with Gasteiger partial charge in [-0.25, -0.2) is 0 Å². The average Bonchev–Trinajstić information content (AvgIpc) is 3.29. The van der Waals surface area contributed by atoms with Gasteiger partial charge in [0.15, 0.2) is 0 Å². The van der Waals surface area contributed by atoms with Crippen LogP contribution in [0.4, 0.5) is 5.69 Å². The molecule has 166 valence electrons. The highest BCUT2D eigenvalue weighted by molar-refractivity contribution is 6.29. The summed E-state index contributed by atoms with van der Waals surface area (Å²) in [4.78, 5) is 28.3. The lowest BCUT2D eigenvalue weighted by Crippen LogP contribution is -2.70. The number of ether oxygens (including phenoxy) is 1. The zero-order valence-corrected chi connectivity index (χ0v) is 18.9. The summed E-state index contributed by atoms with van der Waals surface area (Å²) < 4.78 is 7.37. The second-order valence-corrected chi connectivity index (χ2v) is 10.8. The van der Waals surface area contributed by atoms with Gasteiger partial charge in [0, 0.05) is 11.3 Å². The molecule has 0 saturated carbocycles. The van der Waals surface area contributed by atoms with Gasteiger partial charge in [0.25, 0.3) is 11.6 Å². The monoisotopic (exact) mass is 434 g/mol. The third-order valence-corrected chi connectivity index (χ3v) is 7.47. The number of amides is 2. The van der Waals surface area contributed by atoms with Gasteiger partial charge in [-0.3, -0.25) is 14.8 Å². The lowest BCUT2D eigenvalue weighted by molar-refractivity contribution is -0.712. The van der Waals surface area contributed by atoms with Crippen LogP contribution in [0.3, 0.4) is 0 Å². The number of carbonyl (C=O) groups excluding carboxylic acids is 2. The summed E-state index contributed by atoms with van der Waals surface area (Å²) in [5.41, 5.74) is 1.78. The van der Waals surface area contributed by atoms with E-state index >= 15 is 0 Å². The molecule has 0 unspecified atom stereocenters. The van der Waals surface area contributed by atoms with E-state index in [1.165, 1.54) is 4.74 Å². The van der Waals surface area contributed by atoms with Crippen LogP contribution < -0.4 is 10.1 Å². The lowest BCUT2D eigenvalue weighted by Gasteiger charge is -2.46. The summed E-state index contributed by atoms with van der Waals surface area (Å²) >= 11 is 0. The Labute approximate surface area is 187 Å². The predicted octanol–water partition coefficient (Wildman–Crippen LogP) is 3.03. The molecule has 5 aliphatic rings. The number of allylic oxidation sites excluding steroid dienone is 1. The first-order chi connectivity index (χ1) is 15.0. The van der Waals surface area contributed by atoms with Gasteiger partial charge in [-0.15, -0.1) is 0 Å². The van der Waals surface area contributed by atoms with E-state index in [4.69, 9.17) is 4.74 Å². The number of nitrogens with zero attached hydrogens (tertiary/aromatic N) is 2. The van der Waals surface area contributed by atoms with Gasteiger partial charge in [-0.2, -0.15) is 0 Å². The fraction of sp³-hybridized carbons (Fsp3) is 0.480. The summed E-state index contributed by atoms with van der Waals surface area (Å²) in [6.45, 7) is 8.63. The average molecular weight is 435 g/mol. The second kappa shape index (κ2) is 5.82. The van der Waals surface area contributed by atoms with Gasteiger partial charge in [-0.1, -0.05) is 0 Å². The zero-order chi connectivity index (χ0) is 22.6. The smallest absolute Gasteiger partial charge is 0.276 e. The molecule has 1 aromatic carbocycles. The number of piperazine rings is 1. The molecule has 2 N–H and O–H groups in total. The molecule has 1 aromatic rings. The highest BCUT2D eigenvalue weighted by Gasteiger charge is 2.60. The Hall–Kier alpha value is -3.09.